The van der Waals surface area contributed by atoms with E-state index in [1.165, 1.54) is 0 Å². The van der Waals surface area contributed by atoms with Gasteiger partial charge in [-0.1, -0.05) is 25.4 Å². The van der Waals surface area contributed by atoms with Gasteiger partial charge in [0.05, 0.1) is 17.9 Å². The van der Waals surface area contributed by atoms with Gasteiger partial charge in [0, 0.05) is 5.02 Å². The number of halogens is 1. The number of hydrogen-bond acceptors (Lipinski definition) is 3. The third-order valence-corrected chi connectivity index (χ3v) is 3.91. The molecule has 0 fully saturated rings. The Morgan fingerprint density at radius 3 is 2.67 bits per heavy atom. The second-order valence-corrected chi connectivity index (χ2v) is 6.29. The molecule has 0 aliphatic carbocycles. The van der Waals surface area contributed by atoms with Gasteiger partial charge in [-0.2, -0.15) is 11.8 Å². The molecule has 0 saturated carbocycles. The van der Waals surface area contributed by atoms with Gasteiger partial charge in [0.2, 0.25) is 0 Å². The molecular formula is C14H19ClO2S. The van der Waals surface area contributed by atoms with Crippen molar-refractivity contribution in [3.05, 3.63) is 28.3 Å². The highest BCUT2D eigenvalue weighted by atomic mass is 35.5. The van der Waals surface area contributed by atoms with Crippen LogP contribution in [0.25, 0.3) is 0 Å². The molecular weight excluding hydrogens is 268 g/mol. The van der Waals surface area contributed by atoms with Crippen molar-refractivity contribution >= 4 is 29.1 Å². The highest BCUT2D eigenvalue weighted by Gasteiger charge is 2.15. The summed E-state index contributed by atoms with van der Waals surface area (Å²) in [7, 11) is 0. The van der Waals surface area contributed by atoms with Gasteiger partial charge in [-0.25, -0.2) is 0 Å². The van der Waals surface area contributed by atoms with Gasteiger partial charge < -0.3 is 4.74 Å². The van der Waals surface area contributed by atoms with Gasteiger partial charge >= 0.3 is 0 Å². The molecule has 4 heteroatoms. The Labute approximate surface area is 118 Å². The van der Waals surface area contributed by atoms with E-state index in [4.69, 9.17) is 16.3 Å². The zero-order chi connectivity index (χ0) is 13.7. The van der Waals surface area contributed by atoms with E-state index in [9.17, 15) is 4.79 Å². The van der Waals surface area contributed by atoms with Gasteiger partial charge in [-0.05, 0) is 36.8 Å². The van der Waals surface area contributed by atoms with E-state index in [0.29, 0.717) is 33.9 Å². The first-order chi connectivity index (χ1) is 8.45. The Kier molecular flexibility index (Phi) is 6.03. The van der Waals surface area contributed by atoms with E-state index in [-0.39, 0.29) is 5.78 Å². The van der Waals surface area contributed by atoms with Crippen LogP contribution < -0.4 is 4.74 Å². The molecule has 0 aliphatic rings. The molecule has 0 unspecified atom stereocenters. The predicted molar refractivity (Wildman–Crippen MR) is 79.3 cm³/mol. The van der Waals surface area contributed by atoms with Crippen LogP contribution >= 0.6 is 23.4 Å². The normalized spacial score (nSPS) is 10.8. The maximum Gasteiger partial charge on any atom is 0.176 e. The van der Waals surface area contributed by atoms with E-state index < -0.39 is 0 Å². The summed E-state index contributed by atoms with van der Waals surface area (Å²) in [6.45, 7) is 8.49. The number of carbonyl (C=O) groups is 1. The van der Waals surface area contributed by atoms with Crippen LogP contribution in [0.4, 0.5) is 0 Å². The number of aryl methyl sites for hydroxylation is 1. The first kappa shape index (κ1) is 15.4. The molecule has 1 aromatic rings. The monoisotopic (exact) mass is 286 g/mol. The molecule has 1 rings (SSSR count). The molecule has 2 nitrogen and oxygen atoms in total. The molecule has 0 bridgehead atoms. The van der Waals surface area contributed by atoms with Crippen LogP contribution in [0.3, 0.4) is 0 Å². The summed E-state index contributed by atoms with van der Waals surface area (Å²) in [6, 6.07) is 3.55. The number of hydrogen-bond donors (Lipinski definition) is 0. The first-order valence-electron chi connectivity index (χ1n) is 6.03. The maximum absolute atomic E-state index is 12.1. The largest absolute Gasteiger partial charge is 0.493 e. The lowest BCUT2D eigenvalue weighted by Gasteiger charge is -2.12. The molecule has 0 saturated heterocycles. The van der Waals surface area contributed by atoms with Crippen LogP contribution in [-0.4, -0.2) is 23.4 Å². The van der Waals surface area contributed by atoms with Gasteiger partial charge in [-0.3, -0.25) is 4.79 Å². The quantitative estimate of drug-likeness (QED) is 0.726. The average Bonchev–Trinajstić information content (AvgIpc) is 2.30. The molecule has 0 radical (unpaired) electrons. The molecule has 0 N–H and O–H groups in total. The zero-order valence-corrected chi connectivity index (χ0v) is 12.8. The van der Waals surface area contributed by atoms with Crippen LogP contribution in [0.2, 0.25) is 5.02 Å². The van der Waals surface area contributed by atoms with Crippen molar-refractivity contribution in [2.45, 2.75) is 32.9 Å². The Hall–Kier alpha value is -0.670. The van der Waals surface area contributed by atoms with Crippen LogP contribution in [0.5, 0.6) is 5.75 Å². The van der Waals surface area contributed by atoms with Crippen LogP contribution in [0.15, 0.2) is 12.1 Å². The summed E-state index contributed by atoms with van der Waals surface area (Å²) in [4.78, 5) is 12.1. The smallest absolute Gasteiger partial charge is 0.176 e. The summed E-state index contributed by atoms with van der Waals surface area (Å²) in [5.74, 6) is 1.16. The standard InChI is InChI=1S/C14H19ClO2S/c1-5-17-14-6-10(4)12(15)7-11(14)13(16)8-18-9(2)3/h6-7,9H,5,8H2,1-4H3. The van der Waals surface area contributed by atoms with Gasteiger partial charge in [-0.15, -0.1) is 0 Å². The molecule has 0 amide bonds. The minimum atomic E-state index is 0.0686. The average molecular weight is 287 g/mol. The molecule has 1 aromatic carbocycles. The fourth-order valence-electron chi connectivity index (χ4n) is 1.47. The van der Waals surface area contributed by atoms with Crippen LogP contribution in [-0.2, 0) is 0 Å². The predicted octanol–water partition coefficient (Wildman–Crippen LogP) is 4.37. The van der Waals surface area contributed by atoms with Crippen molar-refractivity contribution in [3.8, 4) is 5.75 Å². The number of benzene rings is 1. The van der Waals surface area contributed by atoms with Gasteiger partial charge in [0.1, 0.15) is 5.75 Å². The summed E-state index contributed by atoms with van der Waals surface area (Å²) < 4.78 is 5.51. The van der Waals surface area contributed by atoms with E-state index in [2.05, 4.69) is 13.8 Å². The number of carbonyl (C=O) groups excluding carboxylic acids is 1. The van der Waals surface area contributed by atoms with Crippen molar-refractivity contribution in [2.75, 3.05) is 12.4 Å². The summed E-state index contributed by atoms with van der Waals surface area (Å²) >= 11 is 7.70. The maximum atomic E-state index is 12.1. The summed E-state index contributed by atoms with van der Waals surface area (Å²) in [5, 5.41) is 1.04. The van der Waals surface area contributed by atoms with E-state index in [1.54, 1.807) is 17.8 Å². The third-order valence-electron chi connectivity index (χ3n) is 2.41. The molecule has 100 valence electrons. The third kappa shape index (κ3) is 4.21. The molecule has 0 atom stereocenters. The summed E-state index contributed by atoms with van der Waals surface area (Å²) in [5.41, 5.74) is 1.51. The lowest BCUT2D eigenvalue weighted by atomic mass is 10.1. The Bertz CT molecular complexity index is 430. The molecule has 0 heterocycles. The fourth-order valence-corrected chi connectivity index (χ4v) is 2.27. The van der Waals surface area contributed by atoms with Crippen LogP contribution in [0.1, 0.15) is 36.7 Å². The van der Waals surface area contributed by atoms with Crippen molar-refractivity contribution in [3.63, 3.8) is 0 Å². The lowest BCUT2D eigenvalue weighted by molar-refractivity contribution is 0.101. The zero-order valence-electron chi connectivity index (χ0n) is 11.2. The highest BCUT2D eigenvalue weighted by Crippen LogP contribution is 2.28. The Morgan fingerprint density at radius 2 is 2.11 bits per heavy atom. The molecule has 0 aliphatic heterocycles. The van der Waals surface area contributed by atoms with Gasteiger partial charge in [0.15, 0.2) is 5.78 Å². The van der Waals surface area contributed by atoms with Crippen LogP contribution in [0, 0.1) is 6.92 Å². The minimum Gasteiger partial charge on any atom is -0.493 e. The topological polar surface area (TPSA) is 26.3 Å². The number of ketones is 1. The van der Waals surface area contributed by atoms with Crippen molar-refractivity contribution in [2.24, 2.45) is 0 Å². The van der Waals surface area contributed by atoms with E-state index >= 15 is 0 Å². The second kappa shape index (κ2) is 7.05. The SMILES string of the molecule is CCOc1cc(C)c(Cl)cc1C(=O)CSC(C)C. The molecule has 18 heavy (non-hydrogen) atoms. The first-order valence-corrected chi connectivity index (χ1v) is 7.46. The Balaban J connectivity index is 2.98. The number of Topliss-reactive ketones (excluding diaryl/α,β-unsaturated/α-hetero) is 1. The fraction of sp³-hybridized carbons (Fsp3) is 0.500. The van der Waals surface area contributed by atoms with E-state index in [0.717, 1.165) is 5.56 Å². The second-order valence-electron chi connectivity index (χ2n) is 4.31. The van der Waals surface area contributed by atoms with Crippen molar-refractivity contribution in [1.29, 1.82) is 0 Å². The summed E-state index contributed by atoms with van der Waals surface area (Å²) in [6.07, 6.45) is 0. The Morgan fingerprint density at radius 1 is 1.44 bits per heavy atom. The lowest BCUT2D eigenvalue weighted by Crippen LogP contribution is -2.08. The number of rotatable bonds is 6. The van der Waals surface area contributed by atoms with Gasteiger partial charge in [0.25, 0.3) is 0 Å². The minimum absolute atomic E-state index is 0.0686. The molecule has 0 aromatic heterocycles. The number of ether oxygens (including phenoxy) is 1. The highest BCUT2D eigenvalue weighted by molar-refractivity contribution is 8.00. The number of thioether (sulfide) groups is 1. The van der Waals surface area contributed by atoms with E-state index in [1.807, 2.05) is 19.9 Å². The van der Waals surface area contributed by atoms with Crippen molar-refractivity contribution < 1.29 is 9.53 Å². The molecule has 0 spiro atoms. The van der Waals surface area contributed by atoms with Crippen molar-refractivity contribution in [1.82, 2.24) is 0 Å².